The SMILES string of the molecule is CCNC(C1CCC1)C1CCOC2(CCCCC2)C1. The summed E-state index contributed by atoms with van der Waals surface area (Å²) >= 11 is 0. The highest BCUT2D eigenvalue weighted by Gasteiger charge is 2.43. The molecule has 0 bridgehead atoms. The summed E-state index contributed by atoms with van der Waals surface area (Å²) in [4.78, 5) is 0. The van der Waals surface area contributed by atoms with Gasteiger partial charge in [-0.25, -0.2) is 0 Å². The smallest absolute Gasteiger partial charge is 0.0685 e. The van der Waals surface area contributed by atoms with Crippen molar-refractivity contribution in [1.29, 1.82) is 0 Å². The van der Waals surface area contributed by atoms with Crippen molar-refractivity contribution in [3.63, 3.8) is 0 Å². The molecule has 0 radical (unpaired) electrons. The predicted octanol–water partition coefficient (Wildman–Crippen LogP) is 3.89. The summed E-state index contributed by atoms with van der Waals surface area (Å²) in [5.41, 5.74) is 0.276. The summed E-state index contributed by atoms with van der Waals surface area (Å²) in [6.45, 7) is 4.41. The molecule has 2 saturated carbocycles. The summed E-state index contributed by atoms with van der Waals surface area (Å²) in [7, 11) is 0. The van der Waals surface area contributed by atoms with Crippen LogP contribution in [0.25, 0.3) is 0 Å². The van der Waals surface area contributed by atoms with Crippen LogP contribution >= 0.6 is 0 Å². The van der Waals surface area contributed by atoms with Crippen LogP contribution in [-0.4, -0.2) is 24.8 Å². The molecule has 2 heteroatoms. The van der Waals surface area contributed by atoms with Gasteiger partial charge in [0.25, 0.3) is 0 Å². The fraction of sp³-hybridized carbons (Fsp3) is 1.00. The predicted molar refractivity (Wildman–Crippen MR) is 79.3 cm³/mol. The first kappa shape index (κ1) is 13.9. The molecule has 0 aromatic carbocycles. The van der Waals surface area contributed by atoms with Crippen LogP contribution in [0.3, 0.4) is 0 Å². The molecule has 2 nitrogen and oxygen atoms in total. The van der Waals surface area contributed by atoms with Crippen molar-refractivity contribution < 1.29 is 4.74 Å². The van der Waals surface area contributed by atoms with E-state index in [0.717, 1.165) is 31.0 Å². The van der Waals surface area contributed by atoms with Crippen LogP contribution in [0.2, 0.25) is 0 Å². The van der Waals surface area contributed by atoms with Crippen molar-refractivity contribution >= 4 is 0 Å². The summed E-state index contributed by atoms with van der Waals surface area (Å²) in [5, 5.41) is 3.82. The number of ether oxygens (including phenoxy) is 1. The van der Waals surface area contributed by atoms with Crippen molar-refractivity contribution in [2.24, 2.45) is 11.8 Å². The third-order valence-corrected chi connectivity index (χ3v) is 5.90. The van der Waals surface area contributed by atoms with E-state index < -0.39 is 0 Å². The van der Waals surface area contributed by atoms with Gasteiger partial charge in [-0.1, -0.05) is 32.6 Å². The normalized spacial score (nSPS) is 33.0. The number of hydrogen-bond donors (Lipinski definition) is 1. The van der Waals surface area contributed by atoms with E-state index in [2.05, 4.69) is 12.2 Å². The van der Waals surface area contributed by atoms with Gasteiger partial charge in [0.05, 0.1) is 5.60 Å². The highest BCUT2D eigenvalue weighted by atomic mass is 16.5. The molecular formula is C17H31NO. The topological polar surface area (TPSA) is 21.3 Å². The Labute approximate surface area is 118 Å². The van der Waals surface area contributed by atoms with Crippen molar-refractivity contribution in [3.05, 3.63) is 0 Å². The third kappa shape index (κ3) is 3.00. The van der Waals surface area contributed by atoms with E-state index in [0.29, 0.717) is 0 Å². The van der Waals surface area contributed by atoms with Gasteiger partial charge in [-0.15, -0.1) is 0 Å². The van der Waals surface area contributed by atoms with Gasteiger partial charge < -0.3 is 10.1 Å². The van der Waals surface area contributed by atoms with Crippen LogP contribution in [0.5, 0.6) is 0 Å². The molecule has 0 amide bonds. The van der Waals surface area contributed by atoms with Gasteiger partial charge in [0, 0.05) is 12.6 Å². The van der Waals surface area contributed by atoms with E-state index in [1.807, 2.05) is 0 Å². The minimum absolute atomic E-state index is 0.276. The molecule has 1 N–H and O–H groups in total. The first-order valence-electron chi connectivity index (χ1n) is 8.70. The third-order valence-electron chi connectivity index (χ3n) is 5.90. The fourth-order valence-electron chi connectivity index (χ4n) is 4.67. The maximum Gasteiger partial charge on any atom is 0.0685 e. The van der Waals surface area contributed by atoms with Gasteiger partial charge in [0.1, 0.15) is 0 Å². The molecule has 0 aromatic heterocycles. The van der Waals surface area contributed by atoms with Crippen molar-refractivity contribution in [2.75, 3.05) is 13.2 Å². The zero-order valence-electron chi connectivity index (χ0n) is 12.6. The van der Waals surface area contributed by atoms with Gasteiger partial charge in [-0.05, 0) is 56.9 Å². The molecule has 1 spiro atoms. The van der Waals surface area contributed by atoms with Crippen LogP contribution < -0.4 is 5.32 Å². The Bertz CT molecular complexity index is 275. The van der Waals surface area contributed by atoms with E-state index >= 15 is 0 Å². The first-order chi connectivity index (χ1) is 9.33. The lowest BCUT2D eigenvalue weighted by molar-refractivity contribution is -0.125. The lowest BCUT2D eigenvalue weighted by atomic mass is 9.68. The average molecular weight is 265 g/mol. The summed E-state index contributed by atoms with van der Waals surface area (Å²) < 4.78 is 6.27. The minimum Gasteiger partial charge on any atom is -0.375 e. The summed E-state index contributed by atoms with van der Waals surface area (Å²) in [6, 6.07) is 0.779. The average Bonchev–Trinajstić information content (AvgIpc) is 2.37. The highest BCUT2D eigenvalue weighted by molar-refractivity contribution is 4.96. The Morgan fingerprint density at radius 3 is 2.47 bits per heavy atom. The fourth-order valence-corrected chi connectivity index (χ4v) is 4.67. The summed E-state index contributed by atoms with van der Waals surface area (Å²) in [6.07, 6.45) is 13.9. The van der Waals surface area contributed by atoms with Crippen LogP contribution in [0.15, 0.2) is 0 Å². The molecule has 3 rings (SSSR count). The molecule has 2 aliphatic carbocycles. The molecule has 19 heavy (non-hydrogen) atoms. The second kappa shape index (κ2) is 6.13. The van der Waals surface area contributed by atoms with Crippen LogP contribution in [0.1, 0.15) is 71.1 Å². The summed E-state index contributed by atoms with van der Waals surface area (Å²) in [5.74, 6) is 1.83. The van der Waals surface area contributed by atoms with Crippen molar-refractivity contribution in [2.45, 2.75) is 82.8 Å². The largest absolute Gasteiger partial charge is 0.375 e. The monoisotopic (exact) mass is 265 g/mol. The number of rotatable bonds is 4. The van der Waals surface area contributed by atoms with Crippen molar-refractivity contribution in [3.8, 4) is 0 Å². The molecule has 1 aliphatic heterocycles. The highest BCUT2D eigenvalue weighted by Crippen LogP contribution is 2.44. The zero-order chi connectivity index (χ0) is 13.1. The number of hydrogen-bond acceptors (Lipinski definition) is 2. The van der Waals surface area contributed by atoms with Crippen LogP contribution in [0.4, 0.5) is 0 Å². The Balaban J connectivity index is 1.64. The zero-order valence-corrected chi connectivity index (χ0v) is 12.6. The quantitative estimate of drug-likeness (QED) is 0.832. The Kier molecular flexibility index (Phi) is 4.48. The standard InChI is InChI=1S/C17H31NO/c1-2-18-16(14-7-6-8-14)15-9-12-19-17(13-15)10-4-3-5-11-17/h14-16,18H,2-13H2,1H3. The van der Waals surface area contributed by atoms with E-state index in [1.165, 1.54) is 64.2 Å². The molecule has 1 heterocycles. The molecule has 1 saturated heterocycles. The van der Waals surface area contributed by atoms with E-state index in [1.54, 1.807) is 0 Å². The van der Waals surface area contributed by atoms with Gasteiger partial charge in [0.15, 0.2) is 0 Å². The second-order valence-electron chi connectivity index (χ2n) is 7.12. The molecular weight excluding hydrogens is 234 g/mol. The molecule has 3 aliphatic rings. The Hall–Kier alpha value is -0.0800. The minimum atomic E-state index is 0.276. The maximum absolute atomic E-state index is 6.27. The lowest BCUT2D eigenvalue weighted by Gasteiger charge is -2.48. The van der Waals surface area contributed by atoms with E-state index in [-0.39, 0.29) is 5.60 Å². The lowest BCUT2D eigenvalue weighted by Crippen LogP contribution is -2.51. The maximum atomic E-state index is 6.27. The molecule has 3 fully saturated rings. The van der Waals surface area contributed by atoms with Gasteiger partial charge in [-0.2, -0.15) is 0 Å². The van der Waals surface area contributed by atoms with Crippen LogP contribution in [-0.2, 0) is 4.74 Å². The van der Waals surface area contributed by atoms with Crippen LogP contribution in [0, 0.1) is 11.8 Å². The van der Waals surface area contributed by atoms with Gasteiger partial charge in [-0.3, -0.25) is 0 Å². The van der Waals surface area contributed by atoms with Crippen molar-refractivity contribution in [1.82, 2.24) is 5.32 Å². The Morgan fingerprint density at radius 1 is 1.05 bits per heavy atom. The number of nitrogens with one attached hydrogen (secondary N) is 1. The Morgan fingerprint density at radius 2 is 1.84 bits per heavy atom. The van der Waals surface area contributed by atoms with Gasteiger partial charge >= 0.3 is 0 Å². The molecule has 2 unspecified atom stereocenters. The molecule has 110 valence electrons. The molecule has 2 atom stereocenters. The van der Waals surface area contributed by atoms with E-state index in [9.17, 15) is 0 Å². The van der Waals surface area contributed by atoms with Gasteiger partial charge in [0.2, 0.25) is 0 Å². The van der Waals surface area contributed by atoms with E-state index in [4.69, 9.17) is 4.74 Å². The second-order valence-corrected chi connectivity index (χ2v) is 7.12. The molecule has 0 aromatic rings. The first-order valence-corrected chi connectivity index (χ1v) is 8.70.